The van der Waals surface area contributed by atoms with E-state index in [-0.39, 0.29) is 17.9 Å². The Balaban J connectivity index is 1.50. The van der Waals surface area contributed by atoms with Crippen molar-refractivity contribution in [1.29, 1.82) is 0 Å². The summed E-state index contributed by atoms with van der Waals surface area (Å²) in [6.07, 6.45) is 8.87. The topological polar surface area (TPSA) is 84.2 Å². The Morgan fingerprint density at radius 1 is 1.06 bits per heavy atom. The highest BCUT2D eigenvalue weighted by atomic mass is 19.1. The van der Waals surface area contributed by atoms with Gasteiger partial charge in [0, 0.05) is 29.6 Å². The number of pyridine rings is 1. The van der Waals surface area contributed by atoms with Crippen molar-refractivity contribution in [2.45, 2.75) is 45.1 Å². The van der Waals surface area contributed by atoms with E-state index in [1.54, 1.807) is 42.0 Å². The van der Waals surface area contributed by atoms with Crippen LogP contribution in [0, 0.1) is 12.7 Å². The van der Waals surface area contributed by atoms with E-state index in [0.29, 0.717) is 22.7 Å². The van der Waals surface area contributed by atoms with Crippen LogP contribution in [0.1, 0.15) is 37.7 Å². The lowest BCUT2D eigenvalue weighted by Gasteiger charge is -2.22. The van der Waals surface area contributed by atoms with Gasteiger partial charge in [0.2, 0.25) is 0 Å². The molecule has 3 heterocycles. The molecule has 168 valence electrons. The molecule has 7 nitrogen and oxygen atoms in total. The lowest BCUT2D eigenvalue weighted by molar-refractivity contribution is 0.244. The number of anilines is 1. The van der Waals surface area contributed by atoms with E-state index in [2.05, 4.69) is 20.7 Å². The van der Waals surface area contributed by atoms with Crippen molar-refractivity contribution in [3.05, 3.63) is 66.2 Å². The van der Waals surface area contributed by atoms with Crippen molar-refractivity contribution in [2.75, 3.05) is 5.32 Å². The molecule has 1 fully saturated rings. The van der Waals surface area contributed by atoms with Crippen LogP contribution in [0.5, 0.6) is 0 Å². The van der Waals surface area contributed by atoms with E-state index < -0.39 is 0 Å². The highest BCUT2D eigenvalue weighted by Gasteiger charge is 2.19. The number of benzene rings is 1. The highest BCUT2D eigenvalue weighted by molar-refractivity contribution is 5.90. The molecule has 0 unspecified atom stereocenters. The molecule has 0 aliphatic heterocycles. The molecule has 0 radical (unpaired) electrons. The van der Waals surface area contributed by atoms with Gasteiger partial charge in [-0.25, -0.2) is 23.7 Å². The van der Waals surface area contributed by atoms with Crippen LogP contribution >= 0.6 is 0 Å². The molecular weight excluding hydrogens is 419 g/mol. The van der Waals surface area contributed by atoms with Crippen LogP contribution in [0.25, 0.3) is 28.2 Å². The minimum Gasteiger partial charge on any atom is -0.335 e. The van der Waals surface area contributed by atoms with Crippen LogP contribution in [-0.2, 0) is 0 Å². The maximum absolute atomic E-state index is 13.9. The third-order valence-corrected chi connectivity index (χ3v) is 6.04. The summed E-state index contributed by atoms with van der Waals surface area (Å²) < 4.78 is 15.6. The van der Waals surface area contributed by atoms with Gasteiger partial charge in [-0.2, -0.15) is 5.10 Å². The predicted molar refractivity (Wildman–Crippen MR) is 125 cm³/mol. The summed E-state index contributed by atoms with van der Waals surface area (Å²) in [5.74, 6) is 0.175. The fourth-order valence-electron chi connectivity index (χ4n) is 4.37. The molecule has 33 heavy (non-hydrogen) atoms. The lowest BCUT2D eigenvalue weighted by Crippen LogP contribution is -2.39. The Morgan fingerprint density at radius 3 is 2.73 bits per heavy atom. The van der Waals surface area contributed by atoms with E-state index in [9.17, 15) is 9.18 Å². The Labute approximate surface area is 191 Å². The summed E-state index contributed by atoms with van der Waals surface area (Å²) in [6.45, 7) is 1.73. The third kappa shape index (κ3) is 4.41. The number of nitrogens with one attached hydrogen (secondary N) is 2. The van der Waals surface area contributed by atoms with Gasteiger partial charge in [0.25, 0.3) is 0 Å². The quantitative estimate of drug-likeness (QED) is 0.444. The second kappa shape index (κ2) is 8.97. The second-order valence-electron chi connectivity index (χ2n) is 8.43. The van der Waals surface area contributed by atoms with Gasteiger partial charge in [0.1, 0.15) is 17.3 Å². The number of amides is 2. The molecule has 0 atom stereocenters. The monoisotopic (exact) mass is 444 g/mol. The zero-order chi connectivity index (χ0) is 22.8. The smallest absolute Gasteiger partial charge is 0.320 e. The molecule has 0 saturated heterocycles. The summed E-state index contributed by atoms with van der Waals surface area (Å²) in [7, 11) is 0. The van der Waals surface area contributed by atoms with Gasteiger partial charge >= 0.3 is 6.03 Å². The van der Waals surface area contributed by atoms with E-state index in [0.717, 1.165) is 42.5 Å². The van der Waals surface area contributed by atoms with Crippen molar-refractivity contribution >= 4 is 17.5 Å². The normalized spacial score (nSPS) is 14.4. The SMILES string of the molecule is Cc1cc(-c2nc3cccnn3c2-c2ccnc(NC(=O)NC3CCCCC3)c2)ccc1F. The first-order chi connectivity index (χ1) is 16.1. The van der Waals surface area contributed by atoms with Crippen LogP contribution in [0.3, 0.4) is 0 Å². The molecule has 8 heteroatoms. The first-order valence-electron chi connectivity index (χ1n) is 11.2. The van der Waals surface area contributed by atoms with Gasteiger partial charge in [-0.3, -0.25) is 5.32 Å². The van der Waals surface area contributed by atoms with Crippen molar-refractivity contribution in [2.24, 2.45) is 0 Å². The van der Waals surface area contributed by atoms with E-state index in [1.807, 2.05) is 18.2 Å². The predicted octanol–water partition coefficient (Wildman–Crippen LogP) is 5.36. The second-order valence-corrected chi connectivity index (χ2v) is 8.43. The van der Waals surface area contributed by atoms with Crippen molar-refractivity contribution < 1.29 is 9.18 Å². The fourth-order valence-corrected chi connectivity index (χ4v) is 4.37. The van der Waals surface area contributed by atoms with Crippen molar-refractivity contribution in [3.8, 4) is 22.5 Å². The van der Waals surface area contributed by atoms with Gasteiger partial charge in [0.05, 0.1) is 5.69 Å². The summed E-state index contributed by atoms with van der Waals surface area (Å²) in [5.41, 5.74) is 4.22. The number of carbonyl (C=O) groups is 1. The minimum atomic E-state index is -0.262. The van der Waals surface area contributed by atoms with E-state index >= 15 is 0 Å². The number of carbonyl (C=O) groups excluding carboxylic acids is 1. The Kier molecular flexibility index (Phi) is 5.73. The molecule has 2 amide bonds. The number of urea groups is 1. The fraction of sp³-hybridized carbons (Fsp3) is 0.280. The highest BCUT2D eigenvalue weighted by Crippen LogP contribution is 2.33. The van der Waals surface area contributed by atoms with Gasteiger partial charge in [-0.05, 0) is 67.8 Å². The van der Waals surface area contributed by atoms with Gasteiger partial charge in [0.15, 0.2) is 5.65 Å². The van der Waals surface area contributed by atoms with Crippen molar-refractivity contribution in [3.63, 3.8) is 0 Å². The number of aromatic nitrogens is 4. The zero-order valence-electron chi connectivity index (χ0n) is 18.4. The standard InChI is InChI=1S/C25H25FN6O/c1-16-14-17(9-10-20(16)26)23-24(32-22(31-23)8-5-12-28-32)18-11-13-27-21(15-18)30-25(33)29-19-6-3-2-4-7-19/h5,8-15,19H,2-4,6-7H2,1H3,(H2,27,29,30,33). The van der Waals surface area contributed by atoms with Gasteiger partial charge < -0.3 is 5.32 Å². The molecule has 1 aromatic carbocycles. The van der Waals surface area contributed by atoms with Gasteiger partial charge in [-0.15, -0.1) is 0 Å². The first kappa shape index (κ1) is 21.1. The molecule has 5 rings (SSSR count). The van der Waals surface area contributed by atoms with Crippen LogP contribution < -0.4 is 10.6 Å². The zero-order valence-corrected chi connectivity index (χ0v) is 18.4. The third-order valence-electron chi connectivity index (χ3n) is 6.04. The Morgan fingerprint density at radius 2 is 1.91 bits per heavy atom. The molecule has 1 aliphatic carbocycles. The van der Waals surface area contributed by atoms with Crippen LogP contribution in [0.2, 0.25) is 0 Å². The minimum absolute atomic E-state index is 0.207. The average Bonchev–Trinajstić information content (AvgIpc) is 3.21. The number of imidazole rings is 1. The number of halogens is 1. The number of fused-ring (bicyclic) bond motifs is 1. The summed E-state index contributed by atoms with van der Waals surface area (Å²) in [5, 5.41) is 10.4. The Hall–Kier alpha value is -3.81. The maximum Gasteiger partial charge on any atom is 0.320 e. The number of hydrogen-bond donors (Lipinski definition) is 2. The number of aryl methyl sites for hydroxylation is 1. The van der Waals surface area contributed by atoms with Crippen molar-refractivity contribution in [1.82, 2.24) is 24.9 Å². The first-order valence-corrected chi connectivity index (χ1v) is 11.2. The summed E-state index contributed by atoms with van der Waals surface area (Å²) >= 11 is 0. The number of hydrogen-bond acceptors (Lipinski definition) is 4. The van der Waals surface area contributed by atoms with Crippen LogP contribution in [-0.4, -0.2) is 31.7 Å². The number of nitrogens with zero attached hydrogens (tertiary/aromatic N) is 4. The van der Waals surface area contributed by atoms with Gasteiger partial charge in [-0.1, -0.05) is 19.3 Å². The molecule has 2 N–H and O–H groups in total. The Bertz CT molecular complexity index is 1310. The summed E-state index contributed by atoms with van der Waals surface area (Å²) in [6, 6.07) is 12.2. The van der Waals surface area contributed by atoms with Crippen LogP contribution in [0.4, 0.5) is 15.0 Å². The van der Waals surface area contributed by atoms with E-state index in [1.165, 1.54) is 12.5 Å². The van der Waals surface area contributed by atoms with E-state index in [4.69, 9.17) is 4.98 Å². The molecule has 1 aliphatic rings. The molecule has 3 aromatic heterocycles. The number of rotatable bonds is 4. The molecule has 0 bridgehead atoms. The molecule has 0 spiro atoms. The molecule has 4 aromatic rings. The largest absolute Gasteiger partial charge is 0.335 e. The molecule has 1 saturated carbocycles. The van der Waals surface area contributed by atoms with Crippen LogP contribution in [0.15, 0.2) is 54.9 Å². The lowest BCUT2D eigenvalue weighted by atomic mass is 9.96. The maximum atomic E-state index is 13.9. The summed E-state index contributed by atoms with van der Waals surface area (Å²) in [4.78, 5) is 21.6. The molecular formula is C25H25FN6O. The average molecular weight is 445 g/mol.